The summed E-state index contributed by atoms with van der Waals surface area (Å²) in [4.78, 5) is 11.4. The summed E-state index contributed by atoms with van der Waals surface area (Å²) in [7, 11) is 3.28. The van der Waals surface area contributed by atoms with E-state index in [0.29, 0.717) is 17.1 Å². The summed E-state index contributed by atoms with van der Waals surface area (Å²) in [6, 6.07) is 9.74. The zero-order valence-electron chi connectivity index (χ0n) is 13.5. The third kappa shape index (κ3) is 3.08. The molecule has 2 aromatic carbocycles. The van der Waals surface area contributed by atoms with Gasteiger partial charge in [0, 0.05) is 35.1 Å². The Morgan fingerprint density at radius 1 is 1.33 bits per heavy atom. The van der Waals surface area contributed by atoms with Crippen LogP contribution in [-0.4, -0.2) is 22.9 Å². The number of fused-ring (bicyclic) bond motifs is 1. The molecule has 0 aliphatic carbocycles. The second-order valence-corrected chi connectivity index (χ2v) is 6.06. The molecule has 0 radical (unpaired) electrons. The molecule has 0 spiro atoms. The standard InChI is InChI=1S/C18H18ClN3O2/c1-22-17-5-3-11(7-13(17)10-21-22)14-8-12(4-6-18(23)24-2)15(19)9-16(14)20/h3,5,7-10H,4,6,20H2,1-2H3. The van der Waals surface area contributed by atoms with Crippen LogP contribution in [0.25, 0.3) is 22.0 Å². The molecule has 0 bridgehead atoms. The van der Waals surface area contributed by atoms with E-state index in [1.54, 1.807) is 6.07 Å². The van der Waals surface area contributed by atoms with Gasteiger partial charge < -0.3 is 10.5 Å². The fourth-order valence-corrected chi connectivity index (χ4v) is 3.01. The molecule has 3 aromatic rings. The monoisotopic (exact) mass is 343 g/mol. The number of carbonyl (C=O) groups is 1. The lowest BCUT2D eigenvalue weighted by Crippen LogP contribution is -2.03. The number of ether oxygens (including phenoxy) is 1. The predicted octanol–water partition coefficient (Wildman–Crippen LogP) is 3.58. The lowest BCUT2D eigenvalue weighted by molar-refractivity contribution is -0.140. The van der Waals surface area contributed by atoms with E-state index in [9.17, 15) is 4.79 Å². The average Bonchev–Trinajstić information content (AvgIpc) is 2.94. The Morgan fingerprint density at radius 2 is 2.12 bits per heavy atom. The molecule has 0 atom stereocenters. The van der Waals surface area contributed by atoms with Gasteiger partial charge >= 0.3 is 5.97 Å². The van der Waals surface area contributed by atoms with E-state index in [1.807, 2.05) is 42.2 Å². The van der Waals surface area contributed by atoms with Crippen molar-refractivity contribution in [2.45, 2.75) is 12.8 Å². The predicted molar refractivity (Wildman–Crippen MR) is 95.9 cm³/mol. The summed E-state index contributed by atoms with van der Waals surface area (Å²) in [5, 5.41) is 5.86. The van der Waals surface area contributed by atoms with Gasteiger partial charge in [-0.05, 0) is 41.8 Å². The van der Waals surface area contributed by atoms with E-state index in [2.05, 4.69) is 9.84 Å². The number of nitrogens with two attached hydrogens (primary N) is 1. The average molecular weight is 344 g/mol. The number of rotatable bonds is 4. The smallest absolute Gasteiger partial charge is 0.305 e. The topological polar surface area (TPSA) is 70.1 Å². The van der Waals surface area contributed by atoms with Gasteiger partial charge in [0.25, 0.3) is 0 Å². The molecule has 6 heteroatoms. The molecule has 0 amide bonds. The molecule has 0 fully saturated rings. The minimum atomic E-state index is -0.263. The number of methoxy groups -OCH3 is 1. The summed E-state index contributed by atoms with van der Waals surface area (Å²) >= 11 is 6.27. The zero-order chi connectivity index (χ0) is 17.3. The van der Waals surface area contributed by atoms with Gasteiger partial charge in [-0.15, -0.1) is 0 Å². The molecule has 3 rings (SSSR count). The second-order valence-electron chi connectivity index (χ2n) is 5.65. The highest BCUT2D eigenvalue weighted by atomic mass is 35.5. The van der Waals surface area contributed by atoms with Crippen molar-refractivity contribution in [2.24, 2.45) is 7.05 Å². The van der Waals surface area contributed by atoms with Gasteiger partial charge in [0.05, 0.1) is 18.8 Å². The van der Waals surface area contributed by atoms with Crippen molar-refractivity contribution in [1.29, 1.82) is 0 Å². The van der Waals surface area contributed by atoms with Crippen molar-refractivity contribution < 1.29 is 9.53 Å². The first kappa shape index (κ1) is 16.3. The van der Waals surface area contributed by atoms with E-state index in [0.717, 1.165) is 27.6 Å². The number of benzene rings is 2. The summed E-state index contributed by atoms with van der Waals surface area (Å²) in [6.07, 6.45) is 2.61. The minimum absolute atomic E-state index is 0.263. The van der Waals surface area contributed by atoms with Gasteiger partial charge in [0.1, 0.15) is 0 Å². The Labute approximate surface area is 145 Å². The van der Waals surface area contributed by atoms with Crippen molar-refractivity contribution in [1.82, 2.24) is 9.78 Å². The van der Waals surface area contributed by atoms with E-state index < -0.39 is 0 Å². The number of nitrogens with zero attached hydrogens (tertiary/aromatic N) is 2. The summed E-state index contributed by atoms with van der Waals surface area (Å²) in [6.45, 7) is 0. The SMILES string of the molecule is COC(=O)CCc1cc(-c2ccc3c(cnn3C)c2)c(N)cc1Cl. The van der Waals surface area contributed by atoms with Crippen LogP contribution in [0.1, 0.15) is 12.0 Å². The molecule has 124 valence electrons. The number of hydrogen-bond acceptors (Lipinski definition) is 4. The van der Waals surface area contributed by atoms with Crippen LogP contribution >= 0.6 is 11.6 Å². The number of carbonyl (C=O) groups excluding carboxylic acids is 1. The van der Waals surface area contributed by atoms with E-state index in [4.69, 9.17) is 17.3 Å². The van der Waals surface area contributed by atoms with Crippen molar-refractivity contribution >= 4 is 34.2 Å². The molecule has 1 heterocycles. The first-order valence-electron chi connectivity index (χ1n) is 7.56. The molecule has 1 aromatic heterocycles. The van der Waals surface area contributed by atoms with Crippen LogP contribution in [0.2, 0.25) is 5.02 Å². The van der Waals surface area contributed by atoms with Crippen molar-refractivity contribution in [2.75, 3.05) is 12.8 Å². The van der Waals surface area contributed by atoms with Crippen molar-refractivity contribution in [3.63, 3.8) is 0 Å². The van der Waals surface area contributed by atoms with Crippen LogP contribution in [0.15, 0.2) is 36.5 Å². The van der Waals surface area contributed by atoms with E-state index in [1.165, 1.54) is 7.11 Å². The molecule has 24 heavy (non-hydrogen) atoms. The van der Waals surface area contributed by atoms with Gasteiger partial charge in [-0.3, -0.25) is 9.48 Å². The maximum Gasteiger partial charge on any atom is 0.305 e. The van der Waals surface area contributed by atoms with Crippen molar-refractivity contribution in [3.8, 4) is 11.1 Å². The normalized spacial score (nSPS) is 11.0. The molecule has 2 N–H and O–H groups in total. The number of nitrogen functional groups attached to an aromatic ring is 1. The van der Waals surface area contributed by atoms with Gasteiger partial charge in [0.2, 0.25) is 0 Å². The quantitative estimate of drug-likeness (QED) is 0.580. The highest BCUT2D eigenvalue weighted by molar-refractivity contribution is 6.31. The fourth-order valence-electron chi connectivity index (χ4n) is 2.75. The molecule has 0 saturated heterocycles. The number of hydrogen-bond donors (Lipinski definition) is 1. The summed E-state index contributed by atoms with van der Waals surface area (Å²) in [5.74, 6) is -0.263. The lowest BCUT2D eigenvalue weighted by atomic mass is 9.98. The lowest BCUT2D eigenvalue weighted by Gasteiger charge is -2.11. The van der Waals surface area contributed by atoms with Crippen LogP contribution in [0.4, 0.5) is 5.69 Å². The first-order chi connectivity index (χ1) is 11.5. The molecule has 5 nitrogen and oxygen atoms in total. The number of halogens is 1. The molecular weight excluding hydrogens is 326 g/mol. The molecule has 0 saturated carbocycles. The van der Waals surface area contributed by atoms with Crippen LogP contribution in [0, 0.1) is 0 Å². The minimum Gasteiger partial charge on any atom is -0.469 e. The first-order valence-corrected chi connectivity index (χ1v) is 7.94. The molecule has 0 aliphatic rings. The number of anilines is 1. The van der Waals surface area contributed by atoms with Gasteiger partial charge in [-0.25, -0.2) is 0 Å². The van der Waals surface area contributed by atoms with Crippen LogP contribution in [-0.2, 0) is 23.0 Å². The van der Waals surface area contributed by atoms with E-state index in [-0.39, 0.29) is 12.4 Å². The molecule has 0 aliphatic heterocycles. The Hall–Kier alpha value is -2.53. The van der Waals surface area contributed by atoms with Gasteiger partial charge in [-0.2, -0.15) is 5.10 Å². The number of aryl methyl sites for hydroxylation is 2. The molecular formula is C18H18ClN3O2. The highest BCUT2D eigenvalue weighted by Crippen LogP contribution is 2.33. The summed E-state index contributed by atoms with van der Waals surface area (Å²) in [5.41, 5.74) is 10.6. The summed E-state index contributed by atoms with van der Waals surface area (Å²) < 4.78 is 6.51. The van der Waals surface area contributed by atoms with Gasteiger partial charge in [-0.1, -0.05) is 17.7 Å². The molecule has 0 unspecified atom stereocenters. The highest BCUT2D eigenvalue weighted by Gasteiger charge is 2.12. The van der Waals surface area contributed by atoms with Crippen LogP contribution in [0.5, 0.6) is 0 Å². The number of aromatic nitrogens is 2. The van der Waals surface area contributed by atoms with Crippen LogP contribution in [0.3, 0.4) is 0 Å². The van der Waals surface area contributed by atoms with Crippen LogP contribution < -0.4 is 5.73 Å². The third-order valence-corrected chi connectivity index (χ3v) is 4.45. The fraction of sp³-hybridized carbons (Fsp3) is 0.222. The third-order valence-electron chi connectivity index (χ3n) is 4.10. The number of esters is 1. The Morgan fingerprint density at radius 3 is 2.88 bits per heavy atom. The Bertz CT molecular complexity index is 918. The van der Waals surface area contributed by atoms with Gasteiger partial charge in [0.15, 0.2) is 0 Å². The van der Waals surface area contributed by atoms with E-state index >= 15 is 0 Å². The van der Waals surface area contributed by atoms with Crippen molar-refractivity contribution in [3.05, 3.63) is 47.1 Å². The second kappa shape index (κ2) is 6.53. The maximum absolute atomic E-state index is 11.4. The Balaban J connectivity index is 2.00. The maximum atomic E-state index is 11.4. The Kier molecular flexibility index (Phi) is 4.44. The largest absolute Gasteiger partial charge is 0.469 e. The zero-order valence-corrected chi connectivity index (χ0v) is 14.3.